The van der Waals surface area contributed by atoms with E-state index in [1.807, 2.05) is 41.3 Å². The molecule has 2 aromatic carbocycles. The lowest BCUT2D eigenvalue weighted by molar-refractivity contribution is 0.197. The number of para-hydroxylation sites is 1. The molecule has 0 bridgehead atoms. The average Bonchev–Trinajstić information content (AvgIpc) is 3.32. The highest BCUT2D eigenvalue weighted by atomic mass is 32.2. The van der Waals surface area contributed by atoms with Crippen LogP contribution in [0, 0.1) is 0 Å². The minimum atomic E-state index is -3.33. The molecule has 3 aromatic rings. The van der Waals surface area contributed by atoms with E-state index in [1.54, 1.807) is 20.0 Å². The second-order valence-corrected chi connectivity index (χ2v) is 13.3. The SMILES string of the molecule is CC(C)S(=O)(=O)N1CCN(c2cnn(-c3ccccc3)c(=O)c2OC2CCC(C)(c3ccccc3)C2)CC1. The van der Waals surface area contributed by atoms with Crippen LogP contribution >= 0.6 is 0 Å². The maximum atomic E-state index is 13.8. The van der Waals surface area contributed by atoms with Gasteiger partial charge in [-0.1, -0.05) is 55.5 Å². The molecule has 202 valence electrons. The molecule has 2 atom stereocenters. The number of ether oxygens (including phenoxy) is 1. The number of rotatable bonds is 7. The summed E-state index contributed by atoms with van der Waals surface area (Å²) in [7, 11) is -3.33. The Balaban J connectivity index is 1.44. The smallest absolute Gasteiger partial charge is 0.316 e. The van der Waals surface area contributed by atoms with Gasteiger partial charge in [0.25, 0.3) is 0 Å². The molecule has 2 heterocycles. The first-order valence-corrected chi connectivity index (χ1v) is 14.8. The highest BCUT2D eigenvalue weighted by Gasteiger charge is 2.39. The lowest BCUT2D eigenvalue weighted by Gasteiger charge is -2.36. The van der Waals surface area contributed by atoms with Crippen molar-refractivity contribution in [2.45, 2.75) is 56.8 Å². The Labute approximate surface area is 224 Å². The van der Waals surface area contributed by atoms with Gasteiger partial charge in [-0.2, -0.15) is 14.1 Å². The fourth-order valence-electron chi connectivity index (χ4n) is 5.56. The predicted molar refractivity (Wildman–Crippen MR) is 150 cm³/mol. The summed E-state index contributed by atoms with van der Waals surface area (Å²) in [6, 6.07) is 19.8. The third-order valence-corrected chi connectivity index (χ3v) is 10.2. The number of aromatic nitrogens is 2. The number of benzene rings is 2. The van der Waals surface area contributed by atoms with Crippen molar-refractivity contribution in [2.24, 2.45) is 0 Å². The summed E-state index contributed by atoms with van der Waals surface area (Å²) in [5.74, 6) is 0.284. The lowest BCUT2D eigenvalue weighted by atomic mass is 9.81. The monoisotopic (exact) mass is 536 g/mol. The molecule has 1 saturated heterocycles. The van der Waals surface area contributed by atoms with Gasteiger partial charge in [-0.25, -0.2) is 8.42 Å². The van der Waals surface area contributed by atoms with Gasteiger partial charge in [-0.3, -0.25) is 4.79 Å². The Bertz CT molecular complexity index is 1420. The molecule has 1 aromatic heterocycles. The molecule has 0 N–H and O–H groups in total. The van der Waals surface area contributed by atoms with Crippen LogP contribution in [0.5, 0.6) is 5.75 Å². The van der Waals surface area contributed by atoms with Gasteiger partial charge >= 0.3 is 5.56 Å². The summed E-state index contributed by atoms with van der Waals surface area (Å²) in [5, 5.41) is 4.01. The molecule has 2 unspecified atom stereocenters. The van der Waals surface area contributed by atoms with Crippen molar-refractivity contribution in [3.05, 3.63) is 82.8 Å². The zero-order valence-corrected chi connectivity index (χ0v) is 23.1. The molecule has 8 nitrogen and oxygen atoms in total. The Morgan fingerprint density at radius 3 is 2.24 bits per heavy atom. The molecule has 1 aliphatic carbocycles. The first-order chi connectivity index (χ1) is 18.2. The molecule has 0 radical (unpaired) electrons. The number of hydrogen-bond donors (Lipinski definition) is 0. The number of piperazine rings is 1. The molecule has 2 aliphatic rings. The Hall–Kier alpha value is -3.17. The molecule has 38 heavy (non-hydrogen) atoms. The number of sulfonamides is 1. The summed E-state index contributed by atoms with van der Waals surface area (Å²) in [5.41, 5.74) is 2.25. The van der Waals surface area contributed by atoms with Gasteiger partial charge < -0.3 is 9.64 Å². The zero-order chi connectivity index (χ0) is 26.9. The fourth-order valence-corrected chi connectivity index (χ4v) is 6.82. The van der Waals surface area contributed by atoms with Crippen LogP contribution in [0.25, 0.3) is 5.69 Å². The first kappa shape index (κ1) is 26.4. The van der Waals surface area contributed by atoms with Gasteiger partial charge in [0, 0.05) is 26.2 Å². The quantitative estimate of drug-likeness (QED) is 0.454. The van der Waals surface area contributed by atoms with Crippen LogP contribution in [-0.4, -0.2) is 60.0 Å². The minimum Gasteiger partial charge on any atom is -0.483 e. The number of nitrogens with zero attached hydrogens (tertiary/aromatic N) is 4. The predicted octanol–water partition coefficient (Wildman–Crippen LogP) is 3.98. The van der Waals surface area contributed by atoms with Gasteiger partial charge in [0.2, 0.25) is 15.8 Å². The van der Waals surface area contributed by atoms with Crippen molar-refractivity contribution >= 4 is 15.7 Å². The maximum absolute atomic E-state index is 13.8. The highest BCUT2D eigenvalue weighted by Crippen LogP contribution is 2.42. The van der Waals surface area contributed by atoms with Crippen LogP contribution in [0.3, 0.4) is 0 Å². The van der Waals surface area contributed by atoms with Crippen molar-refractivity contribution in [3.8, 4) is 11.4 Å². The van der Waals surface area contributed by atoms with Crippen LogP contribution in [0.2, 0.25) is 0 Å². The van der Waals surface area contributed by atoms with Crippen LogP contribution < -0.4 is 15.2 Å². The third-order valence-electron chi connectivity index (χ3n) is 7.90. The lowest BCUT2D eigenvalue weighted by Crippen LogP contribution is -2.50. The summed E-state index contributed by atoms with van der Waals surface area (Å²) >= 11 is 0. The largest absolute Gasteiger partial charge is 0.483 e. The Morgan fingerprint density at radius 1 is 0.974 bits per heavy atom. The molecule has 9 heteroatoms. The van der Waals surface area contributed by atoms with Crippen LogP contribution in [-0.2, 0) is 15.4 Å². The molecule has 0 spiro atoms. The summed E-state index contributed by atoms with van der Waals surface area (Å²) in [6.07, 6.45) is 4.20. The van der Waals surface area contributed by atoms with Crippen molar-refractivity contribution in [3.63, 3.8) is 0 Å². The molecule has 1 saturated carbocycles. The van der Waals surface area contributed by atoms with Gasteiger partial charge in [0.1, 0.15) is 5.69 Å². The molecule has 5 rings (SSSR count). The van der Waals surface area contributed by atoms with Gasteiger partial charge in [0.15, 0.2) is 0 Å². The second kappa shape index (κ2) is 10.5. The van der Waals surface area contributed by atoms with E-state index in [4.69, 9.17) is 4.74 Å². The van der Waals surface area contributed by atoms with E-state index < -0.39 is 15.3 Å². The summed E-state index contributed by atoms with van der Waals surface area (Å²) in [6.45, 7) is 7.30. The normalized spacial score (nSPS) is 22.6. The van der Waals surface area contributed by atoms with E-state index in [2.05, 4.69) is 36.3 Å². The number of hydrogen-bond acceptors (Lipinski definition) is 6. The van der Waals surface area contributed by atoms with Crippen molar-refractivity contribution < 1.29 is 13.2 Å². The second-order valence-electron chi connectivity index (χ2n) is 10.8. The van der Waals surface area contributed by atoms with Gasteiger partial charge in [-0.15, -0.1) is 0 Å². The Morgan fingerprint density at radius 2 is 1.61 bits per heavy atom. The summed E-state index contributed by atoms with van der Waals surface area (Å²) < 4.78 is 34.8. The minimum absolute atomic E-state index is 0.0194. The average molecular weight is 537 g/mol. The Kier molecular flexibility index (Phi) is 7.33. The van der Waals surface area contributed by atoms with Crippen molar-refractivity contribution in [2.75, 3.05) is 31.1 Å². The van der Waals surface area contributed by atoms with E-state index >= 15 is 0 Å². The number of anilines is 1. The van der Waals surface area contributed by atoms with Gasteiger partial charge in [0.05, 0.1) is 23.2 Å². The van der Waals surface area contributed by atoms with Crippen molar-refractivity contribution in [1.82, 2.24) is 14.1 Å². The van der Waals surface area contributed by atoms with Crippen molar-refractivity contribution in [1.29, 1.82) is 0 Å². The molecular weight excluding hydrogens is 500 g/mol. The van der Waals surface area contributed by atoms with E-state index in [9.17, 15) is 13.2 Å². The zero-order valence-electron chi connectivity index (χ0n) is 22.3. The maximum Gasteiger partial charge on any atom is 0.316 e. The first-order valence-electron chi connectivity index (χ1n) is 13.3. The van der Waals surface area contributed by atoms with Gasteiger partial charge in [-0.05, 0) is 56.2 Å². The molecule has 2 fully saturated rings. The van der Waals surface area contributed by atoms with E-state index in [1.165, 1.54) is 14.6 Å². The topological polar surface area (TPSA) is 84.7 Å². The van der Waals surface area contributed by atoms with E-state index in [-0.39, 0.29) is 22.8 Å². The molecule has 0 amide bonds. The fraction of sp³-hybridized carbons (Fsp3) is 0.448. The van der Waals surface area contributed by atoms with E-state index in [0.29, 0.717) is 37.6 Å². The van der Waals surface area contributed by atoms with Crippen LogP contribution in [0.15, 0.2) is 71.7 Å². The van der Waals surface area contributed by atoms with Crippen LogP contribution in [0.1, 0.15) is 45.6 Å². The van der Waals surface area contributed by atoms with Crippen LogP contribution in [0.4, 0.5) is 5.69 Å². The third kappa shape index (κ3) is 5.09. The highest BCUT2D eigenvalue weighted by molar-refractivity contribution is 7.89. The standard InChI is InChI=1S/C29H36N4O4S/c1-22(2)38(35,36)32-18-16-31(17-19-32)26-21-30-33(24-12-8-5-9-13-24)28(34)27(26)37-25-14-15-29(3,20-25)23-10-6-4-7-11-23/h4-13,21-22,25H,14-20H2,1-3H3. The molecule has 1 aliphatic heterocycles. The summed E-state index contributed by atoms with van der Waals surface area (Å²) in [4.78, 5) is 15.8. The molecular formula is C29H36N4O4S. The van der Waals surface area contributed by atoms with E-state index in [0.717, 1.165) is 19.3 Å².